The third-order valence-corrected chi connectivity index (χ3v) is 7.65. The highest BCUT2D eigenvalue weighted by Crippen LogP contribution is 2.61. The van der Waals surface area contributed by atoms with E-state index in [0.29, 0.717) is 17.9 Å². The first-order valence-corrected chi connectivity index (χ1v) is 11.1. The molecule has 6 nitrogen and oxygen atoms in total. The Hall–Kier alpha value is -2.25. The van der Waals surface area contributed by atoms with Crippen molar-refractivity contribution < 1.29 is 18.3 Å². The fourth-order valence-corrected chi connectivity index (χ4v) is 5.63. The third-order valence-electron chi connectivity index (χ3n) is 6.23. The SMILES string of the molecule is O=C(O)C1(c2ccc(S(=O)(=O)NCc3cccnc3)cc2)CC1C1CCCC1. The van der Waals surface area contributed by atoms with Gasteiger partial charge in [-0.15, -0.1) is 0 Å². The van der Waals surface area contributed by atoms with E-state index in [0.717, 1.165) is 18.4 Å². The van der Waals surface area contributed by atoms with Crippen LogP contribution in [0, 0.1) is 11.8 Å². The minimum absolute atomic E-state index is 0.138. The van der Waals surface area contributed by atoms with Crippen molar-refractivity contribution in [3.8, 4) is 0 Å². The lowest BCUT2D eigenvalue weighted by Gasteiger charge is -2.17. The van der Waals surface area contributed by atoms with Gasteiger partial charge in [-0.25, -0.2) is 13.1 Å². The van der Waals surface area contributed by atoms with Gasteiger partial charge in [0.15, 0.2) is 0 Å². The standard InChI is InChI=1S/C21H24N2O4S/c24-20(25)21(12-19(21)16-5-1-2-6-16)17-7-9-18(10-8-17)28(26,27)23-14-15-4-3-11-22-13-15/h3-4,7-11,13,16,19,23H,1-2,5-6,12,14H2,(H,24,25). The zero-order valence-electron chi connectivity index (χ0n) is 15.5. The molecule has 7 heteroatoms. The van der Waals surface area contributed by atoms with Crippen LogP contribution in [0.25, 0.3) is 0 Å². The van der Waals surface area contributed by atoms with Crippen molar-refractivity contribution in [2.24, 2.45) is 11.8 Å². The van der Waals surface area contributed by atoms with E-state index in [2.05, 4.69) is 9.71 Å². The second-order valence-corrected chi connectivity index (χ2v) is 9.61. The van der Waals surface area contributed by atoms with Gasteiger partial charge in [-0.3, -0.25) is 9.78 Å². The molecule has 4 rings (SSSR count). The van der Waals surface area contributed by atoms with Gasteiger partial charge in [0, 0.05) is 18.9 Å². The number of nitrogens with zero attached hydrogens (tertiary/aromatic N) is 1. The zero-order valence-corrected chi connectivity index (χ0v) is 16.4. The summed E-state index contributed by atoms with van der Waals surface area (Å²) in [7, 11) is -3.67. The molecule has 2 saturated carbocycles. The van der Waals surface area contributed by atoms with Crippen LogP contribution in [0.1, 0.15) is 43.2 Å². The molecule has 0 amide bonds. The largest absolute Gasteiger partial charge is 0.481 e. The van der Waals surface area contributed by atoms with Gasteiger partial charge in [-0.1, -0.05) is 43.9 Å². The van der Waals surface area contributed by atoms with E-state index >= 15 is 0 Å². The Kier molecular flexibility index (Phi) is 4.97. The molecule has 2 unspecified atom stereocenters. The van der Waals surface area contributed by atoms with Gasteiger partial charge in [0.1, 0.15) is 0 Å². The highest BCUT2D eigenvalue weighted by Gasteiger charge is 2.63. The maximum atomic E-state index is 12.5. The predicted molar refractivity (Wildman–Crippen MR) is 104 cm³/mol. The van der Waals surface area contributed by atoms with E-state index in [1.54, 1.807) is 36.7 Å². The minimum atomic E-state index is -3.67. The number of benzene rings is 1. The Bertz CT molecular complexity index is 954. The van der Waals surface area contributed by atoms with Gasteiger partial charge in [-0.2, -0.15) is 0 Å². The number of nitrogens with one attached hydrogen (secondary N) is 1. The average molecular weight is 401 g/mol. The summed E-state index contributed by atoms with van der Waals surface area (Å²) in [4.78, 5) is 16.2. The average Bonchev–Trinajstić information content (AvgIpc) is 3.24. The first kappa shape index (κ1) is 19.1. The number of aromatic nitrogens is 1. The Morgan fingerprint density at radius 3 is 2.50 bits per heavy atom. The molecule has 2 aromatic rings. The predicted octanol–water partition coefficient (Wildman–Crippen LogP) is 3.09. The summed E-state index contributed by atoms with van der Waals surface area (Å²) in [6.07, 6.45) is 8.45. The lowest BCUT2D eigenvalue weighted by Crippen LogP contribution is -2.26. The smallest absolute Gasteiger partial charge is 0.314 e. The molecule has 0 aliphatic heterocycles. The summed E-state index contributed by atoms with van der Waals surface area (Å²) in [6.45, 7) is 0.154. The van der Waals surface area contributed by atoms with Crippen LogP contribution in [0.5, 0.6) is 0 Å². The fraction of sp³-hybridized carbons (Fsp3) is 0.429. The molecule has 0 radical (unpaired) electrons. The molecule has 2 atom stereocenters. The van der Waals surface area contributed by atoms with Crippen LogP contribution in [-0.4, -0.2) is 24.5 Å². The third kappa shape index (κ3) is 3.44. The van der Waals surface area contributed by atoms with Crippen molar-refractivity contribution in [3.63, 3.8) is 0 Å². The fourth-order valence-electron chi connectivity index (χ4n) is 4.61. The minimum Gasteiger partial charge on any atom is -0.481 e. The van der Waals surface area contributed by atoms with Gasteiger partial charge < -0.3 is 5.11 Å². The second-order valence-electron chi connectivity index (χ2n) is 7.84. The van der Waals surface area contributed by atoms with Crippen LogP contribution in [0.3, 0.4) is 0 Å². The molecule has 1 heterocycles. The summed E-state index contributed by atoms with van der Waals surface area (Å²) in [5.74, 6) is -0.158. The number of hydrogen-bond acceptors (Lipinski definition) is 4. The Morgan fingerprint density at radius 1 is 1.18 bits per heavy atom. The number of carboxylic acid groups (broad SMARTS) is 1. The number of pyridine rings is 1. The quantitative estimate of drug-likeness (QED) is 0.744. The van der Waals surface area contributed by atoms with Gasteiger partial charge in [-0.05, 0) is 47.6 Å². The molecule has 1 aromatic heterocycles. The number of rotatable bonds is 7. The van der Waals surface area contributed by atoms with E-state index in [1.165, 1.54) is 25.0 Å². The van der Waals surface area contributed by atoms with E-state index in [-0.39, 0.29) is 17.4 Å². The Balaban J connectivity index is 1.50. The van der Waals surface area contributed by atoms with E-state index in [9.17, 15) is 18.3 Å². The Morgan fingerprint density at radius 2 is 1.89 bits per heavy atom. The number of carbonyl (C=O) groups is 1. The molecule has 0 spiro atoms. The highest BCUT2D eigenvalue weighted by molar-refractivity contribution is 7.89. The number of carboxylic acids is 1. The summed E-state index contributed by atoms with van der Waals surface area (Å²) < 4.78 is 27.6. The van der Waals surface area contributed by atoms with Crippen molar-refractivity contribution in [1.82, 2.24) is 9.71 Å². The molecule has 2 aliphatic rings. The summed E-state index contributed by atoms with van der Waals surface area (Å²) in [5, 5.41) is 9.89. The molecule has 2 aliphatic carbocycles. The molecular weight excluding hydrogens is 376 g/mol. The lowest BCUT2D eigenvalue weighted by atomic mass is 9.87. The highest BCUT2D eigenvalue weighted by atomic mass is 32.2. The number of aliphatic carboxylic acids is 1. The summed E-state index contributed by atoms with van der Waals surface area (Å²) >= 11 is 0. The van der Waals surface area contributed by atoms with Crippen LogP contribution < -0.4 is 4.72 Å². The summed E-state index contributed by atoms with van der Waals surface area (Å²) in [6, 6.07) is 9.90. The van der Waals surface area contributed by atoms with Crippen LogP contribution in [0.15, 0.2) is 53.7 Å². The maximum absolute atomic E-state index is 12.5. The zero-order chi connectivity index (χ0) is 19.8. The van der Waals surface area contributed by atoms with Crippen molar-refractivity contribution in [2.75, 3.05) is 0 Å². The first-order valence-electron chi connectivity index (χ1n) is 9.66. The first-order chi connectivity index (χ1) is 13.4. The second kappa shape index (κ2) is 7.29. The summed E-state index contributed by atoms with van der Waals surface area (Å²) in [5.41, 5.74) is 0.633. The van der Waals surface area contributed by atoms with E-state index in [4.69, 9.17) is 0 Å². The van der Waals surface area contributed by atoms with Gasteiger partial charge >= 0.3 is 5.97 Å². The molecule has 1 aromatic carbocycles. The van der Waals surface area contributed by atoms with E-state index in [1.807, 2.05) is 0 Å². The molecule has 0 bridgehead atoms. The molecule has 28 heavy (non-hydrogen) atoms. The molecular formula is C21H24N2O4S. The van der Waals surface area contributed by atoms with E-state index < -0.39 is 21.4 Å². The van der Waals surface area contributed by atoms with Gasteiger partial charge in [0.05, 0.1) is 10.3 Å². The molecule has 148 valence electrons. The number of sulfonamides is 1. The van der Waals surface area contributed by atoms with Crippen molar-refractivity contribution in [3.05, 3.63) is 59.9 Å². The molecule has 2 N–H and O–H groups in total. The topological polar surface area (TPSA) is 96.4 Å². The van der Waals surface area contributed by atoms with Crippen molar-refractivity contribution in [1.29, 1.82) is 0 Å². The van der Waals surface area contributed by atoms with Crippen LogP contribution in [-0.2, 0) is 26.8 Å². The Labute approximate surface area is 165 Å². The molecule has 2 fully saturated rings. The van der Waals surface area contributed by atoms with Gasteiger partial charge in [0.2, 0.25) is 10.0 Å². The van der Waals surface area contributed by atoms with Crippen molar-refractivity contribution >= 4 is 16.0 Å². The normalized spacial score (nSPS) is 24.9. The number of hydrogen-bond donors (Lipinski definition) is 2. The monoisotopic (exact) mass is 400 g/mol. The van der Waals surface area contributed by atoms with Gasteiger partial charge in [0.25, 0.3) is 0 Å². The molecule has 0 saturated heterocycles. The van der Waals surface area contributed by atoms with Crippen LogP contribution in [0.4, 0.5) is 0 Å². The lowest BCUT2D eigenvalue weighted by molar-refractivity contribution is -0.140. The van der Waals surface area contributed by atoms with Crippen LogP contribution >= 0.6 is 0 Å². The van der Waals surface area contributed by atoms with Crippen molar-refractivity contribution in [2.45, 2.75) is 49.0 Å². The van der Waals surface area contributed by atoms with Crippen LogP contribution in [0.2, 0.25) is 0 Å². The maximum Gasteiger partial charge on any atom is 0.314 e.